The summed E-state index contributed by atoms with van der Waals surface area (Å²) in [5.41, 5.74) is 1.04. The minimum atomic E-state index is -0.0257. The molecule has 0 spiro atoms. The van der Waals surface area contributed by atoms with Crippen molar-refractivity contribution in [1.29, 1.82) is 0 Å². The molecule has 2 fully saturated rings. The van der Waals surface area contributed by atoms with Crippen molar-refractivity contribution in [2.75, 3.05) is 45.8 Å². The minimum Gasteiger partial charge on any atom is -0.357 e. The second-order valence-corrected chi connectivity index (χ2v) is 8.43. The Morgan fingerprint density at radius 2 is 1.86 bits per heavy atom. The molecular weight excluding hydrogens is 499 g/mol. The smallest absolute Gasteiger partial charge is 0.239 e. The molecule has 3 rings (SSSR count). The van der Waals surface area contributed by atoms with Crippen molar-refractivity contribution < 1.29 is 4.79 Å². The summed E-state index contributed by atoms with van der Waals surface area (Å²) >= 11 is 1.71. The van der Waals surface area contributed by atoms with Gasteiger partial charge in [-0.15, -0.1) is 35.3 Å². The molecule has 2 aliphatic rings. The first kappa shape index (κ1) is 24.3. The third-order valence-corrected chi connectivity index (χ3v) is 6.61. The van der Waals surface area contributed by atoms with Gasteiger partial charge in [0, 0.05) is 51.2 Å². The number of rotatable bonds is 6. The highest BCUT2D eigenvalue weighted by molar-refractivity contribution is 14.0. The van der Waals surface area contributed by atoms with Crippen LogP contribution in [0.4, 0.5) is 0 Å². The van der Waals surface area contributed by atoms with Crippen LogP contribution in [0.5, 0.6) is 0 Å². The number of nitrogens with one attached hydrogen (secondary N) is 1. The Morgan fingerprint density at radius 1 is 1.17 bits per heavy atom. The van der Waals surface area contributed by atoms with Gasteiger partial charge < -0.3 is 15.1 Å². The van der Waals surface area contributed by atoms with Crippen molar-refractivity contribution in [3.63, 3.8) is 0 Å². The normalized spacial score (nSPS) is 19.2. The molecule has 1 amide bonds. The molecule has 7 nitrogen and oxygen atoms in total. The summed E-state index contributed by atoms with van der Waals surface area (Å²) in [5, 5.41) is 6.69. The van der Waals surface area contributed by atoms with Gasteiger partial charge in [-0.2, -0.15) is 0 Å². The summed E-state index contributed by atoms with van der Waals surface area (Å²) in [4.78, 5) is 28.7. The van der Waals surface area contributed by atoms with E-state index in [1.165, 1.54) is 5.01 Å². The maximum atomic E-state index is 12.7. The summed E-state index contributed by atoms with van der Waals surface area (Å²) in [6.07, 6.45) is 3.27. The number of halogens is 1. The molecule has 3 heterocycles. The number of nitrogens with zero attached hydrogens (tertiary/aromatic N) is 5. The van der Waals surface area contributed by atoms with Gasteiger partial charge in [0.15, 0.2) is 5.96 Å². The molecule has 0 saturated carbocycles. The second-order valence-electron chi connectivity index (χ2n) is 7.49. The van der Waals surface area contributed by atoms with Gasteiger partial charge in [0.25, 0.3) is 0 Å². The van der Waals surface area contributed by atoms with E-state index in [0.29, 0.717) is 12.5 Å². The van der Waals surface area contributed by atoms with Crippen molar-refractivity contribution in [3.8, 4) is 0 Å². The third kappa shape index (κ3) is 6.52. The molecule has 9 heteroatoms. The summed E-state index contributed by atoms with van der Waals surface area (Å²) in [7, 11) is 0. The van der Waals surface area contributed by atoms with Gasteiger partial charge in [-0.1, -0.05) is 6.92 Å². The molecule has 0 aliphatic carbocycles. The van der Waals surface area contributed by atoms with Crippen LogP contribution in [0.25, 0.3) is 0 Å². The number of aromatic nitrogens is 1. The number of hydrogen-bond donors (Lipinski definition) is 1. The van der Waals surface area contributed by atoms with Gasteiger partial charge >= 0.3 is 0 Å². The number of hydrogen-bond acceptors (Lipinski definition) is 5. The van der Waals surface area contributed by atoms with Crippen LogP contribution in [0, 0.1) is 0 Å². The highest BCUT2D eigenvalue weighted by atomic mass is 127. The number of carbonyl (C=O) groups is 1. The lowest BCUT2D eigenvalue weighted by atomic mass is 10.2. The molecule has 29 heavy (non-hydrogen) atoms. The molecule has 0 aromatic carbocycles. The quantitative estimate of drug-likeness (QED) is 0.345. The second kappa shape index (κ2) is 12.0. The van der Waals surface area contributed by atoms with Crippen molar-refractivity contribution >= 4 is 47.2 Å². The van der Waals surface area contributed by atoms with Crippen LogP contribution in [0.2, 0.25) is 0 Å². The van der Waals surface area contributed by atoms with E-state index in [2.05, 4.69) is 46.3 Å². The molecule has 1 aromatic rings. The zero-order chi connectivity index (χ0) is 19.9. The third-order valence-electron chi connectivity index (χ3n) is 5.56. The number of guanidine groups is 1. The predicted molar refractivity (Wildman–Crippen MR) is 130 cm³/mol. The summed E-state index contributed by atoms with van der Waals surface area (Å²) in [5.74, 6) is 1.24. The van der Waals surface area contributed by atoms with E-state index in [4.69, 9.17) is 4.99 Å². The fraction of sp³-hybridized carbons (Fsp3) is 0.750. The van der Waals surface area contributed by atoms with Crippen LogP contribution in [0.15, 0.2) is 10.4 Å². The molecule has 0 bridgehead atoms. The summed E-state index contributed by atoms with van der Waals surface area (Å²) in [6, 6.07) is -0.0257. The number of likely N-dealkylation sites (tertiary alicyclic amines) is 1. The molecule has 2 aliphatic heterocycles. The highest BCUT2D eigenvalue weighted by Gasteiger charge is 2.30. The monoisotopic (exact) mass is 534 g/mol. The van der Waals surface area contributed by atoms with E-state index in [1.54, 1.807) is 11.3 Å². The lowest BCUT2D eigenvalue weighted by molar-refractivity contribution is -0.135. The fourth-order valence-corrected chi connectivity index (χ4v) is 4.58. The summed E-state index contributed by atoms with van der Waals surface area (Å²) in [6.45, 7) is 13.2. The Bertz CT molecular complexity index is 668. The molecule has 2 saturated heterocycles. The minimum absolute atomic E-state index is 0. The van der Waals surface area contributed by atoms with Gasteiger partial charge in [0.2, 0.25) is 5.91 Å². The number of carbonyl (C=O) groups excluding carboxylic acids is 1. The van der Waals surface area contributed by atoms with Crippen LogP contribution in [-0.4, -0.2) is 83.4 Å². The van der Waals surface area contributed by atoms with E-state index in [-0.39, 0.29) is 30.0 Å². The van der Waals surface area contributed by atoms with Gasteiger partial charge in [0.1, 0.15) is 0 Å². The van der Waals surface area contributed by atoms with Gasteiger partial charge in [0.05, 0.1) is 23.3 Å². The van der Waals surface area contributed by atoms with E-state index in [9.17, 15) is 4.79 Å². The molecule has 1 aromatic heterocycles. The van der Waals surface area contributed by atoms with Crippen LogP contribution in [-0.2, 0) is 17.8 Å². The first-order chi connectivity index (χ1) is 13.6. The molecule has 1 unspecified atom stereocenters. The zero-order valence-electron chi connectivity index (χ0n) is 17.9. The zero-order valence-corrected chi connectivity index (χ0v) is 21.0. The largest absolute Gasteiger partial charge is 0.357 e. The van der Waals surface area contributed by atoms with Gasteiger partial charge in [-0.25, -0.2) is 9.98 Å². The Hall–Kier alpha value is -0.940. The SMILES string of the molecule is CCNC(=NCc1csc(CC)n1)N1CCN(C(C)C(=O)N2CCCC2)CC1.I. The average Bonchev–Trinajstić information content (AvgIpc) is 3.42. The Balaban J connectivity index is 0.00000300. The number of amides is 1. The average molecular weight is 535 g/mol. The Labute approximate surface area is 196 Å². The maximum absolute atomic E-state index is 12.7. The fourth-order valence-electron chi connectivity index (χ4n) is 3.84. The van der Waals surface area contributed by atoms with E-state index < -0.39 is 0 Å². The molecule has 164 valence electrons. The number of thiazole rings is 1. The first-order valence-corrected chi connectivity index (χ1v) is 11.5. The number of piperazine rings is 1. The number of aliphatic imine (C=N–C) groups is 1. The van der Waals surface area contributed by atoms with E-state index in [1.807, 2.05) is 4.90 Å². The number of aryl methyl sites for hydroxylation is 1. The van der Waals surface area contributed by atoms with Gasteiger partial charge in [-0.05, 0) is 33.1 Å². The van der Waals surface area contributed by atoms with Crippen molar-refractivity contribution in [3.05, 3.63) is 16.1 Å². The Morgan fingerprint density at radius 3 is 2.45 bits per heavy atom. The Kier molecular flexibility index (Phi) is 10.1. The predicted octanol–water partition coefficient (Wildman–Crippen LogP) is 2.42. The van der Waals surface area contributed by atoms with Crippen molar-refractivity contribution in [2.24, 2.45) is 4.99 Å². The van der Waals surface area contributed by atoms with Crippen LogP contribution >= 0.6 is 35.3 Å². The molecule has 1 N–H and O–H groups in total. The van der Waals surface area contributed by atoms with Crippen LogP contribution in [0.1, 0.15) is 44.3 Å². The van der Waals surface area contributed by atoms with E-state index in [0.717, 1.165) is 76.7 Å². The van der Waals surface area contributed by atoms with Crippen molar-refractivity contribution in [2.45, 2.75) is 52.6 Å². The topological polar surface area (TPSA) is 64.1 Å². The summed E-state index contributed by atoms with van der Waals surface area (Å²) < 4.78 is 0. The van der Waals surface area contributed by atoms with Crippen LogP contribution in [0.3, 0.4) is 0 Å². The van der Waals surface area contributed by atoms with Crippen molar-refractivity contribution in [1.82, 2.24) is 25.0 Å². The highest BCUT2D eigenvalue weighted by Crippen LogP contribution is 2.15. The molecule has 0 radical (unpaired) electrons. The first-order valence-electron chi connectivity index (χ1n) is 10.6. The maximum Gasteiger partial charge on any atom is 0.239 e. The van der Waals surface area contributed by atoms with Crippen LogP contribution < -0.4 is 5.32 Å². The lowest BCUT2D eigenvalue weighted by Crippen LogP contribution is -2.57. The lowest BCUT2D eigenvalue weighted by Gasteiger charge is -2.39. The van der Waals surface area contributed by atoms with E-state index >= 15 is 0 Å². The molecular formula is C20H35IN6OS. The standard InChI is InChI=1S/C20H34N6OS.HI/c1-4-18-23-17(15-28-18)14-22-20(21-5-2)26-12-10-24(11-13-26)16(3)19(27)25-8-6-7-9-25;/h15-16H,4-14H2,1-3H3,(H,21,22);1H. The van der Waals surface area contributed by atoms with Gasteiger partial charge in [-0.3, -0.25) is 9.69 Å². The molecule has 1 atom stereocenters.